The molecule has 0 aliphatic carbocycles. The molecule has 1 heterocycles. The highest BCUT2D eigenvalue weighted by molar-refractivity contribution is 5.28. The van der Waals surface area contributed by atoms with Crippen molar-refractivity contribution in [3.05, 3.63) is 48.8 Å². The summed E-state index contributed by atoms with van der Waals surface area (Å²) in [7, 11) is 0. The van der Waals surface area contributed by atoms with Crippen LogP contribution in [0.25, 0.3) is 5.69 Å². The van der Waals surface area contributed by atoms with E-state index in [0.29, 0.717) is 0 Å². The predicted octanol–water partition coefficient (Wildman–Crippen LogP) is 1.67. The molecule has 54 valence electrons. The van der Waals surface area contributed by atoms with Crippen molar-refractivity contribution < 1.29 is 0 Å². The van der Waals surface area contributed by atoms with Gasteiger partial charge in [0.15, 0.2) is 0 Å². The smallest absolute Gasteiger partial charge is 0.0493 e. The topological polar surface area (TPSA) is 17.8 Å². The van der Waals surface area contributed by atoms with Crippen LogP contribution in [0.3, 0.4) is 0 Å². The lowest BCUT2D eigenvalue weighted by Gasteiger charge is -2.04. The van der Waals surface area contributed by atoms with Gasteiger partial charge in [-0.15, -0.1) is 6.07 Å². The third kappa shape index (κ3) is 1.15. The summed E-state index contributed by atoms with van der Waals surface area (Å²) in [5, 5.41) is 4.07. The maximum absolute atomic E-state index is 4.07. The first-order chi connectivity index (χ1) is 5.47. The summed E-state index contributed by atoms with van der Waals surface area (Å²) in [5.41, 5.74) is 0.970. The maximum atomic E-state index is 4.07. The molecule has 0 bridgehead atoms. The second-order valence-electron chi connectivity index (χ2n) is 2.20. The molecule has 11 heavy (non-hydrogen) atoms. The van der Waals surface area contributed by atoms with Crippen molar-refractivity contribution in [2.24, 2.45) is 0 Å². The van der Waals surface area contributed by atoms with Gasteiger partial charge in [-0.05, 0) is 11.8 Å². The Balaban J connectivity index is 2.46. The van der Waals surface area contributed by atoms with Gasteiger partial charge in [0.2, 0.25) is 0 Å². The molecule has 2 aromatic rings. The SMILES string of the molecule is [c-]1ccccc1-n1cccn1. The van der Waals surface area contributed by atoms with Gasteiger partial charge in [0.05, 0.1) is 0 Å². The van der Waals surface area contributed by atoms with Crippen LogP contribution < -0.4 is 0 Å². The highest BCUT2D eigenvalue weighted by Gasteiger charge is 1.84. The van der Waals surface area contributed by atoms with E-state index in [-0.39, 0.29) is 0 Å². The summed E-state index contributed by atoms with van der Waals surface area (Å²) in [6.45, 7) is 0. The fourth-order valence-electron chi connectivity index (χ4n) is 0.938. The maximum Gasteiger partial charge on any atom is 0.0493 e. The predicted molar refractivity (Wildman–Crippen MR) is 42.4 cm³/mol. The second-order valence-corrected chi connectivity index (χ2v) is 2.20. The molecule has 1 aromatic heterocycles. The summed E-state index contributed by atoms with van der Waals surface area (Å²) in [6, 6.07) is 12.7. The number of nitrogens with zero attached hydrogens (tertiary/aromatic N) is 2. The lowest BCUT2D eigenvalue weighted by Crippen LogP contribution is -1.92. The van der Waals surface area contributed by atoms with Crippen LogP contribution >= 0.6 is 0 Å². The summed E-state index contributed by atoms with van der Waals surface area (Å²) in [5.74, 6) is 0. The van der Waals surface area contributed by atoms with Gasteiger partial charge >= 0.3 is 0 Å². The van der Waals surface area contributed by atoms with Crippen molar-refractivity contribution >= 4 is 0 Å². The number of rotatable bonds is 1. The Hall–Kier alpha value is -1.57. The minimum absolute atomic E-state index is 0.970. The van der Waals surface area contributed by atoms with Gasteiger partial charge in [0.25, 0.3) is 0 Å². The van der Waals surface area contributed by atoms with E-state index in [2.05, 4.69) is 11.2 Å². The molecular formula is C9H7N2-. The number of hydrogen-bond donors (Lipinski definition) is 0. The summed E-state index contributed by atoms with van der Waals surface area (Å²) < 4.78 is 1.78. The van der Waals surface area contributed by atoms with E-state index in [0.717, 1.165) is 5.69 Å². The zero-order chi connectivity index (χ0) is 7.52. The van der Waals surface area contributed by atoms with Crippen molar-refractivity contribution in [2.75, 3.05) is 0 Å². The highest BCUT2D eigenvalue weighted by Crippen LogP contribution is 2.02. The standard InChI is InChI=1S/C9H7N2/c1-2-5-9(6-3-1)11-8-4-7-10-11/h1-5,7-8H/q-1. The summed E-state index contributed by atoms with van der Waals surface area (Å²) >= 11 is 0. The van der Waals surface area contributed by atoms with Crippen LogP contribution in [-0.4, -0.2) is 9.78 Å². The Bertz CT molecular complexity index is 311. The van der Waals surface area contributed by atoms with E-state index in [9.17, 15) is 0 Å². The van der Waals surface area contributed by atoms with Crippen LogP contribution in [0.5, 0.6) is 0 Å². The van der Waals surface area contributed by atoms with Crippen molar-refractivity contribution in [3.8, 4) is 5.69 Å². The van der Waals surface area contributed by atoms with E-state index in [1.807, 2.05) is 36.5 Å². The number of benzene rings is 1. The van der Waals surface area contributed by atoms with Crippen molar-refractivity contribution in [3.63, 3.8) is 0 Å². The van der Waals surface area contributed by atoms with E-state index >= 15 is 0 Å². The average Bonchev–Trinajstić information content (AvgIpc) is 2.58. The van der Waals surface area contributed by atoms with Gasteiger partial charge in [-0.25, -0.2) is 0 Å². The Kier molecular flexibility index (Phi) is 1.44. The van der Waals surface area contributed by atoms with Crippen LogP contribution in [-0.2, 0) is 0 Å². The van der Waals surface area contributed by atoms with Gasteiger partial charge < -0.3 is 0 Å². The Morgan fingerprint density at radius 1 is 1.27 bits per heavy atom. The van der Waals surface area contributed by atoms with E-state index in [1.165, 1.54) is 0 Å². The Morgan fingerprint density at radius 3 is 2.91 bits per heavy atom. The molecule has 0 N–H and O–H groups in total. The Morgan fingerprint density at radius 2 is 2.27 bits per heavy atom. The molecule has 0 saturated heterocycles. The van der Waals surface area contributed by atoms with Crippen LogP contribution in [0, 0.1) is 6.07 Å². The molecule has 0 spiro atoms. The van der Waals surface area contributed by atoms with Gasteiger partial charge in [-0.2, -0.15) is 29.4 Å². The molecule has 2 heteroatoms. The third-order valence-electron chi connectivity index (χ3n) is 1.44. The lowest BCUT2D eigenvalue weighted by molar-refractivity contribution is 0.879. The first kappa shape index (κ1) is 6.16. The van der Waals surface area contributed by atoms with E-state index in [1.54, 1.807) is 10.9 Å². The van der Waals surface area contributed by atoms with Crippen LogP contribution in [0.1, 0.15) is 0 Å². The molecule has 2 nitrogen and oxygen atoms in total. The molecule has 2 rings (SSSR count). The van der Waals surface area contributed by atoms with Gasteiger partial charge in [-0.1, -0.05) is 0 Å². The molecule has 0 radical (unpaired) electrons. The fourth-order valence-corrected chi connectivity index (χ4v) is 0.938. The first-order valence-electron chi connectivity index (χ1n) is 3.43. The van der Waals surface area contributed by atoms with Crippen LogP contribution in [0.15, 0.2) is 42.7 Å². The quantitative estimate of drug-likeness (QED) is 0.555. The highest BCUT2D eigenvalue weighted by atomic mass is 15.3. The largest absolute Gasteiger partial charge is 0.266 e. The molecule has 0 amide bonds. The van der Waals surface area contributed by atoms with Crippen LogP contribution in [0.2, 0.25) is 0 Å². The number of para-hydroxylation sites is 1. The average molecular weight is 143 g/mol. The molecule has 0 saturated carbocycles. The molecule has 0 aliphatic rings. The van der Waals surface area contributed by atoms with Gasteiger partial charge in [-0.3, -0.25) is 4.68 Å². The third-order valence-corrected chi connectivity index (χ3v) is 1.44. The van der Waals surface area contributed by atoms with Gasteiger partial charge in [0, 0.05) is 12.4 Å². The normalized spacial score (nSPS) is 9.82. The van der Waals surface area contributed by atoms with Crippen molar-refractivity contribution in [2.45, 2.75) is 0 Å². The Labute approximate surface area is 65.1 Å². The first-order valence-corrected chi connectivity index (χ1v) is 3.43. The molecular weight excluding hydrogens is 136 g/mol. The summed E-state index contributed by atoms with van der Waals surface area (Å²) in [4.78, 5) is 0. The molecule has 1 aromatic carbocycles. The van der Waals surface area contributed by atoms with Crippen LogP contribution in [0.4, 0.5) is 0 Å². The molecule has 0 unspecified atom stereocenters. The summed E-state index contributed by atoms with van der Waals surface area (Å²) in [6.07, 6.45) is 3.65. The molecule has 0 fully saturated rings. The molecule has 0 atom stereocenters. The zero-order valence-electron chi connectivity index (χ0n) is 5.94. The fraction of sp³-hybridized carbons (Fsp3) is 0. The second kappa shape index (κ2) is 2.58. The van der Waals surface area contributed by atoms with Crippen molar-refractivity contribution in [1.29, 1.82) is 0 Å². The lowest BCUT2D eigenvalue weighted by atomic mass is 10.3. The van der Waals surface area contributed by atoms with Crippen molar-refractivity contribution in [1.82, 2.24) is 9.78 Å². The minimum atomic E-state index is 0.970. The van der Waals surface area contributed by atoms with E-state index in [4.69, 9.17) is 0 Å². The van der Waals surface area contributed by atoms with Gasteiger partial charge in [0.1, 0.15) is 0 Å². The monoisotopic (exact) mass is 143 g/mol. The van der Waals surface area contributed by atoms with E-state index < -0.39 is 0 Å². The number of hydrogen-bond acceptors (Lipinski definition) is 1. The number of aromatic nitrogens is 2. The molecule has 0 aliphatic heterocycles. The zero-order valence-corrected chi connectivity index (χ0v) is 5.94. The minimum Gasteiger partial charge on any atom is -0.266 e.